The van der Waals surface area contributed by atoms with Gasteiger partial charge >= 0.3 is 0 Å². The molecule has 1 saturated heterocycles. The Balaban J connectivity index is 1.19. The number of fused-ring (bicyclic) bond motifs is 1. The number of carbonyl (C=O) groups is 1. The highest BCUT2D eigenvalue weighted by atomic mass is 35.5. The van der Waals surface area contributed by atoms with Crippen molar-refractivity contribution in [1.82, 2.24) is 14.5 Å². The third-order valence-corrected chi connectivity index (χ3v) is 7.89. The topological polar surface area (TPSA) is 38.1 Å². The Hall–Kier alpha value is -2.24. The highest BCUT2D eigenvalue weighted by Crippen LogP contribution is 2.34. The summed E-state index contributed by atoms with van der Waals surface area (Å²) in [4.78, 5) is 20.3. The van der Waals surface area contributed by atoms with E-state index in [4.69, 9.17) is 16.6 Å². The molecule has 4 nitrogen and oxygen atoms in total. The number of Topliss-reactive ketones (excluding diaryl/α,β-unsaturated/α-hetero) is 1. The van der Waals surface area contributed by atoms with Crippen LogP contribution in [0.15, 0.2) is 42.5 Å². The van der Waals surface area contributed by atoms with Crippen LogP contribution in [0.3, 0.4) is 0 Å². The molecule has 6 heteroatoms. The Morgan fingerprint density at radius 1 is 0.971 bits per heavy atom. The summed E-state index contributed by atoms with van der Waals surface area (Å²) in [5.74, 6) is 1.68. The van der Waals surface area contributed by atoms with Gasteiger partial charge in [0.25, 0.3) is 0 Å². The summed E-state index contributed by atoms with van der Waals surface area (Å²) in [5, 5.41) is 0.741. The van der Waals surface area contributed by atoms with Crippen LogP contribution in [0, 0.1) is 11.7 Å². The van der Waals surface area contributed by atoms with Gasteiger partial charge in [-0.2, -0.15) is 0 Å². The van der Waals surface area contributed by atoms with Crippen LogP contribution in [0.1, 0.15) is 73.5 Å². The zero-order chi connectivity index (χ0) is 23.5. The van der Waals surface area contributed by atoms with E-state index >= 15 is 0 Å². The molecule has 34 heavy (non-hydrogen) atoms. The van der Waals surface area contributed by atoms with Gasteiger partial charge in [0.2, 0.25) is 0 Å². The molecule has 0 amide bonds. The zero-order valence-corrected chi connectivity index (χ0v) is 20.4. The maximum absolute atomic E-state index is 13.2. The van der Waals surface area contributed by atoms with E-state index in [1.807, 2.05) is 12.1 Å². The van der Waals surface area contributed by atoms with Crippen LogP contribution in [0.5, 0.6) is 0 Å². The number of aryl methyl sites for hydroxylation is 1. The number of aromatic nitrogens is 2. The Bertz CT molecular complexity index is 1130. The lowest BCUT2D eigenvalue weighted by atomic mass is 9.88. The van der Waals surface area contributed by atoms with Crippen LogP contribution in [0.2, 0.25) is 5.02 Å². The molecule has 180 valence electrons. The molecule has 3 aromatic rings. The number of halogens is 2. The van der Waals surface area contributed by atoms with E-state index in [2.05, 4.69) is 15.5 Å². The molecule has 1 aliphatic heterocycles. The van der Waals surface area contributed by atoms with Gasteiger partial charge in [0, 0.05) is 29.0 Å². The molecular formula is C28H33ClFN3O. The van der Waals surface area contributed by atoms with Crippen molar-refractivity contribution in [2.75, 3.05) is 19.6 Å². The van der Waals surface area contributed by atoms with Gasteiger partial charge in [-0.15, -0.1) is 0 Å². The van der Waals surface area contributed by atoms with Gasteiger partial charge in [-0.1, -0.05) is 30.9 Å². The molecule has 0 bridgehead atoms. The predicted molar refractivity (Wildman–Crippen MR) is 135 cm³/mol. The first-order chi connectivity index (χ1) is 16.6. The zero-order valence-electron chi connectivity index (χ0n) is 19.7. The second kappa shape index (κ2) is 10.6. The number of carbonyl (C=O) groups excluding carboxylic acids is 1. The summed E-state index contributed by atoms with van der Waals surface area (Å²) < 4.78 is 15.6. The summed E-state index contributed by atoms with van der Waals surface area (Å²) in [5.41, 5.74) is 2.82. The average Bonchev–Trinajstić information content (AvgIpc) is 3.22. The highest BCUT2D eigenvalue weighted by Gasteiger charge is 2.26. The minimum Gasteiger partial charge on any atom is -0.328 e. The van der Waals surface area contributed by atoms with Gasteiger partial charge in [0.05, 0.1) is 11.0 Å². The minimum atomic E-state index is -0.299. The molecule has 5 rings (SSSR count). The Morgan fingerprint density at radius 2 is 1.71 bits per heavy atom. The number of piperidine rings is 1. The van der Waals surface area contributed by atoms with E-state index < -0.39 is 0 Å². The molecule has 2 aliphatic rings. The first-order valence-corrected chi connectivity index (χ1v) is 13.1. The summed E-state index contributed by atoms with van der Waals surface area (Å²) in [6, 6.07) is 12.0. The second-order valence-corrected chi connectivity index (χ2v) is 10.4. The number of ketones is 1. The molecule has 1 aliphatic carbocycles. The van der Waals surface area contributed by atoms with Crippen LogP contribution in [-0.4, -0.2) is 39.9 Å². The summed E-state index contributed by atoms with van der Waals surface area (Å²) >= 11 is 6.26. The van der Waals surface area contributed by atoms with Gasteiger partial charge in [0.15, 0.2) is 5.78 Å². The van der Waals surface area contributed by atoms with E-state index in [1.54, 1.807) is 12.1 Å². The standard InChI is InChI=1S/C28H33ClFN3O/c29-23-9-12-26-25(19-23)31-28(22-5-2-1-3-6-22)33(26)16-4-15-32-17-13-21(14-18-32)27(34)20-7-10-24(30)11-8-20/h7-12,19,21-22H,1-6,13-18H2. The molecule has 1 aromatic heterocycles. The molecule has 0 radical (unpaired) electrons. The van der Waals surface area contributed by atoms with E-state index in [1.165, 1.54) is 55.6 Å². The lowest BCUT2D eigenvalue weighted by Gasteiger charge is -2.31. The van der Waals surface area contributed by atoms with E-state index in [-0.39, 0.29) is 17.5 Å². The second-order valence-electron chi connectivity index (χ2n) is 9.93. The van der Waals surface area contributed by atoms with Crippen molar-refractivity contribution in [3.05, 3.63) is 64.7 Å². The quantitative estimate of drug-likeness (QED) is 0.346. The van der Waals surface area contributed by atoms with Gasteiger partial charge in [-0.25, -0.2) is 9.37 Å². The lowest BCUT2D eigenvalue weighted by Crippen LogP contribution is -2.37. The van der Waals surface area contributed by atoms with Crippen LogP contribution >= 0.6 is 11.6 Å². The Labute approximate surface area is 206 Å². The number of hydrogen-bond acceptors (Lipinski definition) is 3. The molecule has 1 saturated carbocycles. The van der Waals surface area contributed by atoms with Gasteiger partial charge in [-0.3, -0.25) is 4.79 Å². The maximum atomic E-state index is 13.2. The van der Waals surface area contributed by atoms with Crippen LogP contribution in [-0.2, 0) is 6.54 Å². The first-order valence-electron chi connectivity index (χ1n) is 12.8. The lowest BCUT2D eigenvalue weighted by molar-refractivity contribution is 0.0838. The molecule has 2 aromatic carbocycles. The van der Waals surface area contributed by atoms with Gasteiger partial charge < -0.3 is 9.47 Å². The summed E-state index contributed by atoms with van der Waals surface area (Å²) in [7, 11) is 0. The number of imidazole rings is 1. The van der Waals surface area contributed by atoms with Crippen molar-refractivity contribution < 1.29 is 9.18 Å². The largest absolute Gasteiger partial charge is 0.328 e. The monoisotopic (exact) mass is 481 g/mol. The van der Waals surface area contributed by atoms with Crippen LogP contribution < -0.4 is 0 Å². The normalized spacial score (nSPS) is 18.5. The number of benzene rings is 2. The minimum absolute atomic E-state index is 0.0435. The van der Waals surface area contributed by atoms with E-state index in [0.29, 0.717) is 11.5 Å². The fourth-order valence-electron chi connectivity index (χ4n) is 5.75. The summed E-state index contributed by atoms with van der Waals surface area (Å²) in [6.45, 7) is 3.86. The molecule has 0 unspecified atom stereocenters. The van der Waals surface area contributed by atoms with Gasteiger partial charge in [0.1, 0.15) is 11.6 Å². The molecule has 0 atom stereocenters. The average molecular weight is 482 g/mol. The molecule has 0 spiro atoms. The van der Waals surface area contributed by atoms with Crippen molar-refractivity contribution in [3.8, 4) is 0 Å². The third kappa shape index (κ3) is 5.21. The number of likely N-dealkylation sites (tertiary alicyclic amines) is 1. The van der Waals surface area contributed by atoms with Crippen LogP contribution in [0.4, 0.5) is 4.39 Å². The van der Waals surface area contributed by atoms with Crippen molar-refractivity contribution in [2.45, 2.75) is 63.8 Å². The number of hydrogen-bond donors (Lipinski definition) is 0. The van der Waals surface area contributed by atoms with E-state index in [0.717, 1.165) is 56.0 Å². The smallest absolute Gasteiger partial charge is 0.166 e. The Kier molecular flexibility index (Phi) is 7.31. The van der Waals surface area contributed by atoms with Crippen LogP contribution in [0.25, 0.3) is 11.0 Å². The molecule has 2 fully saturated rings. The van der Waals surface area contributed by atoms with Crippen molar-refractivity contribution in [3.63, 3.8) is 0 Å². The number of nitrogens with zero attached hydrogens (tertiary/aromatic N) is 3. The van der Waals surface area contributed by atoms with Crippen molar-refractivity contribution in [2.24, 2.45) is 5.92 Å². The highest BCUT2D eigenvalue weighted by molar-refractivity contribution is 6.31. The van der Waals surface area contributed by atoms with Gasteiger partial charge in [-0.05, 0) is 94.2 Å². The number of rotatable bonds is 7. The fraction of sp³-hybridized carbons (Fsp3) is 0.500. The maximum Gasteiger partial charge on any atom is 0.166 e. The van der Waals surface area contributed by atoms with Crippen molar-refractivity contribution in [1.29, 1.82) is 0 Å². The molecule has 2 heterocycles. The first kappa shape index (κ1) is 23.5. The summed E-state index contributed by atoms with van der Waals surface area (Å²) in [6.07, 6.45) is 9.18. The predicted octanol–water partition coefficient (Wildman–Crippen LogP) is 6.86. The van der Waals surface area contributed by atoms with E-state index in [9.17, 15) is 9.18 Å². The molecular weight excluding hydrogens is 449 g/mol. The fourth-order valence-corrected chi connectivity index (χ4v) is 5.92. The van der Waals surface area contributed by atoms with Crippen molar-refractivity contribution >= 4 is 28.4 Å². The third-order valence-electron chi connectivity index (χ3n) is 7.65. The Morgan fingerprint density at radius 3 is 2.44 bits per heavy atom. The molecule has 0 N–H and O–H groups in total. The SMILES string of the molecule is O=C(c1ccc(F)cc1)C1CCN(CCCn2c(C3CCCCC3)nc3cc(Cl)ccc32)CC1.